The molecule has 0 bridgehead atoms. The van der Waals surface area contributed by atoms with E-state index in [1.807, 2.05) is 18.4 Å². The second-order valence-corrected chi connectivity index (χ2v) is 5.75. The molecule has 2 aromatic rings. The van der Waals surface area contributed by atoms with Gasteiger partial charge in [0.1, 0.15) is 5.69 Å². The van der Waals surface area contributed by atoms with Crippen molar-refractivity contribution in [2.75, 3.05) is 17.2 Å². The number of hydrogen-bond donors (Lipinski definition) is 1. The molecule has 5 heteroatoms. The minimum atomic E-state index is -0.594. The molecule has 2 nitrogen and oxygen atoms in total. The van der Waals surface area contributed by atoms with Gasteiger partial charge in [0.15, 0.2) is 11.6 Å². The van der Waals surface area contributed by atoms with Crippen molar-refractivity contribution in [1.29, 1.82) is 0 Å². The molecule has 0 fully saturated rings. The van der Waals surface area contributed by atoms with Crippen LogP contribution in [0.3, 0.4) is 0 Å². The van der Waals surface area contributed by atoms with Crippen LogP contribution in [0, 0.1) is 11.6 Å². The smallest absolute Gasteiger partial charge is 0.151 e. The first kappa shape index (κ1) is 12.4. The summed E-state index contributed by atoms with van der Waals surface area (Å²) >= 11 is 1.70. The Balaban J connectivity index is 2.05. The Bertz CT molecular complexity index is 601. The fourth-order valence-corrected chi connectivity index (χ4v) is 3.64. The summed E-state index contributed by atoms with van der Waals surface area (Å²) in [5.74, 6) is -1.19. The molecule has 1 aromatic heterocycles. The number of rotatable bonds is 1. The molecule has 0 aliphatic carbocycles. The third-order valence-electron chi connectivity index (χ3n) is 3.60. The Morgan fingerprint density at radius 3 is 2.68 bits per heavy atom. The second kappa shape index (κ2) is 4.49. The van der Waals surface area contributed by atoms with Gasteiger partial charge in [0.2, 0.25) is 0 Å². The van der Waals surface area contributed by atoms with Crippen molar-refractivity contribution >= 4 is 22.7 Å². The van der Waals surface area contributed by atoms with Gasteiger partial charge in [0.25, 0.3) is 0 Å². The average molecular weight is 280 g/mol. The maximum absolute atomic E-state index is 14.0. The number of anilines is 2. The molecular formula is C14H14F2N2S. The van der Waals surface area contributed by atoms with Gasteiger partial charge < -0.3 is 10.6 Å². The van der Waals surface area contributed by atoms with Gasteiger partial charge in [0, 0.05) is 17.1 Å². The number of fused-ring (bicyclic) bond motifs is 1. The van der Waals surface area contributed by atoms with Crippen LogP contribution in [0.4, 0.5) is 20.2 Å². The van der Waals surface area contributed by atoms with Crippen molar-refractivity contribution < 1.29 is 8.78 Å². The van der Waals surface area contributed by atoms with Gasteiger partial charge in [0.05, 0.1) is 6.04 Å². The Hall–Kier alpha value is -1.62. The van der Waals surface area contributed by atoms with E-state index in [-0.39, 0.29) is 17.4 Å². The largest absolute Gasteiger partial charge is 0.399 e. The lowest BCUT2D eigenvalue weighted by atomic mass is 10.0. The van der Waals surface area contributed by atoms with Crippen LogP contribution in [0.15, 0.2) is 23.6 Å². The van der Waals surface area contributed by atoms with Gasteiger partial charge in [-0.2, -0.15) is 0 Å². The number of nitrogen functional groups attached to an aromatic ring is 1. The predicted octanol–water partition coefficient (Wildman–Crippen LogP) is 3.73. The number of nitrogens with two attached hydrogens (primary N) is 1. The number of benzene rings is 1. The Labute approximate surface area is 114 Å². The van der Waals surface area contributed by atoms with E-state index < -0.39 is 11.6 Å². The van der Waals surface area contributed by atoms with Gasteiger partial charge >= 0.3 is 0 Å². The molecule has 0 saturated carbocycles. The molecule has 19 heavy (non-hydrogen) atoms. The molecular weight excluding hydrogens is 266 g/mol. The highest BCUT2D eigenvalue weighted by atomic mass is 32.1. The van der Waals surface area contributed by atoms with E-state index in [9.17, 15) is 8.78 Å². The highest BCUT2D eigenvalue weighted by Gasteiger charge is 2.28. The summed E-state index contributed by atoms with van der Waals surface area (Å²) in [7, 11) is 0. The fourth-order valence-electron chi connectivity index (χ4n) is 2.67. The summed E-state index contributed by atoms with van der Waals surface area (Å²) in [6, 6.07) is 4.36. The van der Waals surface area contributed by atoms with E-state index in [1.165, 1.54) is 17.0 Å². The molecule has 3 rings (SSSR count). The molecule has 2 N–H and O–H groups in total. The first-order chi connectivity index (χ1) is 9.08. The maximum atomic E-state index is 14.0. The van der Waals surface area contributed by atoms with Crippen molar-refractivity contribution in [2.45, 2.75) is 19.4 Å². The molecule has 1 unspecified atom stereocenters. The molecule has 1 aliphatic heterocycles. The summed E-state index contributed by atoms with van der Waals surface area (Å²) in [5, 5.41) is 2.03. The lowest BCUT2D eigenvalue weighted by Gasteiger charge is -2.35. The van der Waals surface area contributed by atoms with Crippen LogP contribution < -0.4 is 10.6 Å². The topological polar surface area (TPSA) is 29.3 Å². The van der Waals surface area contributed by atoms with Crippen LogP contribution in [0.5, 0.6) is 0 Å². The molecule has 1 aromatic carbocycles. The van der Waals surface area contributed by atoms with E-state index in [0.29, 0.717) is 6.54 Å². The van der Waals surface area contributed by atoms with Crippen molar-refractivity contribution in [2.24, 2.45) is 0 Å². The van der Waals surface area contributed by atoms with E-state index in [4.69, 9.17) is 5.73 Å². The lowest BCUT2D eigenvalue weighted by Crippen LogP contribution is -2.34. The van der Waals surface area contributed by atoms with Crippen molar-refractivity contribution in [3.63, 3.8) is 0 Å². The SMILES string of the molecule is CC1c2ccsc2CCN1c1c(F)cc(N)cc1F. The molecule has 0 amide bonds. The van der Waals surface area contributed by atoms with Crippen molar-refractivity contribution in [3.8, 4) is 0 Å². The average Bonchev–Trinajstić information content (AvgIpc) is 2.79. The Morgan fingerprint density at radius 2 is 2.00 bits per heavy atom. The van der Waals surface area contributed by atoms with Crippen LogP contribution in [0.25, 0.3) is 0 Å². The van der Waals surface area contributed by atoms with Crippen LogP contribution >= 0.6 is 11.3 Å². The van der Waals surface area contributed by atoms with Crippen LogP contribution in [0.1, 0.15) is 23.4 Å². The summed E-state index contributed by atoms with van der Waals surface area (Å²) in [4.78, 5) is 3.08. The van der Waals surface area contributed by atoms with Gasteiger partial charge in [-0.1, -0.05) is 0 Å². The molecule has 0 radical (unpaired) electrons. The minimum absolute atomic E-state index is 0.0253. The van der Waals surface area contributed by atoms with Crippen LogP contribution in [-0.2, 0) is 6.42 Å². The lowest BCUT2D eigenvalue weighted by molar-refractivity contribution is 0.544. The third kappa shape index (κ3) is 1.98. The van der Waals surface area contributed by atoms with E-state index >= 15 is 0 Å². The van der Waals surface area contributed by atoms with Gasteiger partial charge in [-0.3, -0.25) is 0 Å². The Morgan fingerprint density at radius 1 is 1.32 bits per heavy atom. The minimum Gasteiger partial charge on any atom is -0.399 e. The van der Waals surface area contributed by atoms with Gasteiger partial charge in [-0.25, -0.2) is 8.78 Å². The molecule has 1 atom stereocenters. The maximum Gasteiger partial charge on any atom is 0.151 e. The zero-order valence-electron chi connectivity index (χ0n) is 10.5. The van der Waals surface area contributed by atoms with Gasteiger partial charge in [-0.15, -0.1) is 11.3 Å². The fraction of sp³-hybridized carbons (Fsp3) is 0.286. The van der Waals surface area contributed by atoms with Crippen LogP contribution in [-0.4, -0.2) is 6.54 Å². The highest BCUT2D eigenvalue weighted by Crippen LogP contribution is 2.38. The molecule has 2 heterocycles. The molecule has 1 aliphatic rings. The van der Waals surface area contributed by atoms with Crippen molar-refractivity contribution in [3.05, 3.63) is 45.7 Å². The zero-order chi connectivity index (χ0) is 13.6. The van der Waals surface area contributed by atoms with Crippen molar-refractivity contribution in [1.82, 2.24) is 0 Å². The zero-order valence-corrected chi connectivity index (χ0v) is 11.3. The molecule has 0 saturated heterocycles. The molecule has 0 spiro atoms. The quantitative estimate of drug-likeness (QED) is 0.806. The highest BCUT2D eigenvalue weighted by molar-refractivity contribution is 7.10. The Kier molecular flexibility index (Phi) is 2.93. The van der Waals surface area contributed by atoms with E-state index in [2.05, 4.69) is 0 Å². The normalized spacial score (nSPS) is 18.5. The second-order valence-electron chi connectivity index (χ2n) is 4.75. The molecule has 100 valence electrons. The first-order valence-corrected chi connectivity index (χ1v) is 7.03. The summed E-state index contributed by atoms with van der Waals surface area (Å²) in [5.41, 5.74) is 6.75. The van der Waals surface area contributed by atoms with Crippen LogP contribution in [0.2, 0.25) is 0 Å². The van der Waals surface area contributed by atoms with E-state index in [1.54, 1.807) is 16.2 Å². The number of halogens is 2. The predicted molar refractivity (Wildman–Crippen MR) is 74.6 cm³/mol. The summed E-state index contributed by atoms with van der Waals surface area (Å²) < 4.78 is 28.0. The number of nitrogens with zero attached hydrogens (tertiary/aromatic N) is 1. The van der Waals surface area contributed by atoms with E-state index in [0.717, 1.165) is 12.0 Å². The summed E-state index contributed by atoms with van der Waals surface area (Å²) in [6.07, 6.45) is 0.820. The van der Waals surface area contributed by atoms with Gasteiger partial charge in [-0.05, 0) is 42.5 Å². The summed E-state index contributed by atoms with van der Waals surface area (Å²) in [6.45, 7) is 2.59. The first-order valence-electron chi connectivity index (χ1n) is 6.15. The number of thiophene rings is 1. The number of hydrogen-bond acceptors (Lipinski definition) is 3. The monoisotopic (exact) mass is 280 g/mol. The standard InChI is InChI=1S/C14H14F2N2S/c1-8-10-3-5-19-13(10)2-4-18(8)14-11(15)6-9(17)7-12(14)16/h3,5-8H,2,4,17H2,1H3. The third-order valence-corrected chi connectivity index (χ3v) is 4.60.